The summed E-state index contributed by atoms with van der Waals surface area (Å²) in [5.74, 6) is 0.613. The van der Waals surface area contributed by atoms with Gasteiger partial charge >= 0.3 is 0 Å². The monoisotopic (exact) mass is 310 g/mol. The van der Waals surface area contributed by atoms with Crippen LogP contribution in [0.1, 0.15) is 20.8 Å². The molecule has 0 fully saturated rings. The second-order valence-corrected chi connectivity index (χ2v) is 5.41. The SMILES string of the molecule is COc1cc(C)c(Br)cc1C(=O)c1cccs1. The number of thiophene rings is 1. The summed E-state index contributed by atoms with van der Waals surface area (Å²) in [6, 6.07) is 7.37. The van der Waals surface area contributed by atoms with Crippen LogP contribution in [0, 0.1) is 6.92 Å². The molecular formula is C13H11BrO2S. The molecule has 2 aromatic rings. The summed E-state index contributed by atoms with van der Waals surface area (Å²) in [4.78, 5) is 13.0. The number of aryl methyl sites for hydroxylation is 1. The first-order chi connectivity index (χ1) is 8.13. The number of carbonyl (C=O) groups excluding carboxylic acids is 1. The molecule has 0 unspecified atom stereocenters. The highest BCUT2D eigenvalue weighted by Crippen LogP contribution is 2.29. The molecule has 0 saturated heterocycles. The van der Waals surface area contributed by atoms with Crippen molar-refractivity contribution in [3.8, 4) is 5.75 Å². The number of hydrogen-bond donors (Lipinski definition) is 0. The molecular weight excluding hydrogens is 300 g/mol. The van der Waals surface area contributed by atoms with Crippen molar-refractivity contribution < 1.29 is 9.53 Å². The maximum atomic E-state index is 12.3. The highest BCUT2D eigenvalue weighted by Gasteiger charge is 2.16. The van der Waals surface area contributed by atoms with E-state index in [9.17, 15) is 4.79 Å². The van der Waals surface area contributed by atoms with Crippen LogP contribution in [0.4, 0.5) is 0 Å². The Morgan fingerprint density at radius 1 is 1.41 bits per heavy atom. The van der Waals surface area contributed by atoms with Crippen molar-refractivity contribution in [2.45, 2.75) is 6.92 Å². The summed E-state index contributed by atoms with van der Waals surface area (Å²) in [6.07, 6.45) is 0. The van der Waals surface area contributed by atoms with E-state index in [-0.39, 0.29) is 5.78 Å². The molecule has 0 amide bonds. The molecule has 0 spiro atoms. The van der Waals surface area contributed by atoms with Crippen molar-refractivity contribution in [2.75, 3.05) is 7.11 Å². The van der Waals surface area contributed by atoms with Crippen LogP contribution in [0.15, 0.2) is 34.1 Å². The fourth-order valence-corrected chi connectivity index (χ4v) is 2.56. The lowest BCUT2D eigenvalue weighted by Crippen LogP contribution is -2.02. The minimum atomic E-state index is -0.00227. The molecule has 1 heterocycles. The Kier molecular flexibility index (Phi) is 3.64. The van der Waals surface area contributed by atoms with E-state index in [0.717, 1.165) is 14.9 Å². The Labute approximate surface area is 112 Å². The van der Waals surface area contributed by atoms with E-state index in [0.29, 0.717) is 11.3 Å². The molecule has 1 aromatic carbocycles. The summed E-state index contributed by atoms with van der Waals surface area (Å²) >= 11 is 4.87. The van der Waals surface area contributed by atoms with Crippen molar-refractivity contribution in [1.29, 1.82) is 0 Å². The molecule has 0 aliphatic rings. The lowest BCUT2D eigenvalue weighted by molar-refractivity contribution is 0.103. The normalized spacial score (nSPS) is 10.3. The van der Waals surface area contributed by atoms with Gasteiger partial charge in [-0.1, -0.05) is 22.0 Å². The van der Waals surface area contributed by atoms with E-state index in [4.69, 9.17) is 4.74 Å². The molecule has 1 aromatic heterocycles. The van der Waals surface area contributed by atoms with Gasteiger partial charge in [-0.05, 0) is 36.1 Å². The zero-order valence-electron chi connectivity index (χ0n) is 9.49. The summed E-state index contributed by atoms with van der Waals surface area (Å²) in [5, 5.41) is 1.89. The predicted molar refractivity (Wildman–Crippen MR) is 73.2 cm³/mol. The lowest BCUT2D eigenvalue weighted by Gasteiger charge is -2.09. The van der Waals surface area contributed by atoms with Gasteiger partial charge in [0.25, 0.3) is 0 Å². The van der Waals surface area contributed by atoms with Crippen LogP contribution in [-0.2, 0) is 0 Å². The molecule has 2 nitrogen and oxygen atoms in total. The van der Waals surface area contributed by atoms with E-state index in [2.05, 4.69) is 15.9 Å². The van der Waals surface area contributed by atoms with Crippen LogP contribution in [-0.4, -0.2) is 12.9 Å². The second-order valence-electron chi connectivity index (χ2n) is 3.61. The summed E-state index contributed by atoms with van der Waals surface area (Å²) in [6.45, 7) is 1.96. The smallest absolute Gasteiger partial charge is 0.206 e. The maximum absolute atomic E-state index is 12.3. The fraction of sp³-hybridized carbons (Fsp3) is 0.154. The largest absolute Gasteiger partial charge is 0.496 e. The minimum Gasteiger partial charge on any atom is -0.496 e. The summed E-state index contributed by atoms with van der Waals surface area (Å²) in [7, 11) is 1.58. The third kappa shape index (κ3) is 2.42. The van der Waals surface area contributed by atoms with Crippen LogP contribution in [0.25, 0.3) is 0 Å². The Morgan fingerprint density at radius 3 is 2.76 bits per heavy atom. The number of ketones is 1. The molecule has 2 rings (SSSR count). The Balaban J connectivity index is 2.51. The van der Waals surface area contributed by atoms with E-state index in [1.807, 2.05) is 36.6 Å². The van der Waals surface area contributed by atoms with Gasteiger partial charge in [-0.2, -0.15) is 0 Å². The molecule has 88 valence electrons. The number of carbonyl (C=O) groups is 1. The first-order valence-corrected chi connectivity index (χ1v) is 6.73. The first-order valence-electron chi connectivity index (χ1n) is 5.06. The zero-order chi connectivity index (χ0) is 12.4. The lowest BCUT2D eigenvalue weighted by atomic mass is 10.1. The Hall–Kier alpha value is -1.13. The maximum Gasteiger partial charge on any atom is 0.206 e. The number of rotatable bonds is 3. The van der Waals surface area contributed by atoms with Crippen LogP contribution in [0.2, 0.25) is 0 Å². The van der Waals surface area contributed by atoms with Gasteiger partial charge in [-0.15, -0.1) is 11.3 Å². The van der Waals surface area contributed by atoms with E-state index in [1.165, 1.54) is 11.3 Å². The van der Waals surface area contributed by atoms with Gasteiger partial charge in [-0.25, -0.2) is 0 Å². The third-order valence-electron chi connectivity index (χ3n) is 2.47. The molecule has 0 N–H and O–H groups in total. The Morgan fingerprint density at radius 2 is 2.18 bits per heavy atom. The zero-order valence-corrected chi connectivity index (χ0v) is 11.9. The highest BCUT2D eigenvalue weighted by atomic mass is 79.9. The topological polar surface area (TPSA) is 26.3 Å². The van der Waals surface area contributed by atoms with Crippen molar-refractivity contribution >= 4 is 33.0 Å². The average Bonchev–Trinajstić information content (AvgIpc) is 2.84. The van der Waals surface area contributed by atoms with E-state index < -0.39 is 0 Å². The predicted octanol–water partition coefficient (Wildman–Crippen LogP) is 4.06. The average molecular weight is 311 g/mol. The molecule has 0 atom stereocenters. The van der Waals surface area contributed by atoms with Gasteiger partial charge in [0.2, 0.25) is 5.78 Å². The quantitative estimate of drug-likeness (QED) is 0.799. The van der Waals surface area contributed by atoms with Crippen molar-refractivity contribution in [2.24, 2.45) is 0 Å². The highest BCUT2D eigenvalue weighted by molar-refractivity contribution is 9.10. The van der Waals surface area contributed by atoms with Gasteiger partial charge < -0.3 is 4.74 Å². The van der Waals surface area contributed by atoms with E-state index >= 15 is 0 Å². The third-order valence-corrected chi connectivity index (χ3v) is 4.19. The van der Waals surface area contributed by atoms with Gasteiger partial charge in [0, 0.05) is 4.47 Å². The van der Waals surface area contributed by atoms with Crippen molar-refractivity contribution in [3.63, 3.8) is 0 Å². The van der Waals surface area contributed by atoms with Crippen LogP contribution < -0.4 is 4.74 Å². The Bertz CT molecular complexity index is 547. The number of benzene rings is 1. The van der Waals surface area contributed by atoms with E-state index in [1.54, 1.807) is 7.11 Å². The van der Waals surface area contributed by atoms with Crippen LogP contribution in [0.5, 0.6) is 5.75 Å². The van der Waals surface area contributed by atoms with Crippen molar-refractivity contribution in [1.82, 2.24) is 0 Å². The van der Waals surface area contributed by atoms with Gasteiger partial charge in [0.15, 0.2) is 0 Å². The molecule has 4 heteroatoms. The molecule has 0 saturated carbocycles. The van der Waals surface area contributed by atoms with Gasteiger partial charge in [-0.3, -0.25) is 4.79 Å². The van der Waals surface area contributed by atoms with Crippen LogP contribution in [0.3, 0.4) is 0 Å². The first kappa shape index (κ1) is 12.3. The number of ether oxygens (including phenoxy) is 1. The van der Waals surface area contributed by atoms with Crippen molar-refractivity contribution in [3.05, 3.63) is 50.1 Å². The fourth-order valence-electron chi connectivity index (χ4n) is 1.54. The van der Waals surface area contributed by atoms with Gasteiger partial charge in [0.1, 0.15) is 5.75 Å². The van der Waals surface area contributed by atoms with Gasteiger partial charge in [0.05, 0.1) is 17.6 Å². The molecule has 0 bridgehead atoms. The standard InChI is InChI=1S/C13H11BrO2S/c1-8-6-11(16-2)9(7-10(8)14)13(15)12-4-3-5-17-12/h3-7H,1-2H3. The molecule has 0 radical (unpaired) electrons. The molecule has 0 aliphatic heterocycles. The summed E-state index contributed by atoms with van der Waals surface area (Å²) < 4.78 is 6.18. The summed E-state index contributed by atoms with van der Waals surface area (Å²) in [5.41, 5.74) is 1.64. The van der Waals surface area contributed by atoms with Crippen LogP contribution >= 0.6 is 27.3 Å². The second kappa shape index (κ2) is 5.02. The number of methoxy groups -OCH3 is 1. The molecule has 0 aliphatic carbocycles. The minimum absolute atomic E-state index is 0.00227. The number of halogens is 1. The molecule has 17 heavy (non-hydrogen) atoms. The number of hydrogen-bond acceptors (Lipinski definition) is 3.